The molecular formula is C31H30Cl2F3N3O4. The Hall–Kier alpha value is -3.60. The number of benzene rings is 3. The molecular weight excluding hydrogens is 606 g/mol. The predicted octanol–water partition coefficient (Wildman–Crippen LogP) is 5.85. The van der Waals surface area contributed by atoms with Gasteiger partial charge in [-0.2, -0.15) is 0 Å². The van der Waals surface area contributed by atoms with Crippen LogP contribution in [0, 0.1) is 5.92 Å². The highest BCUT2D eigenvalue weighted by atomic mass is 35.5. The Balaban J connectivity index is 0.00000423. The molecule has 2 fully saturated rings. The van der Waals surface area contributed by atoms with Gasteiger partial charge in [0.1, 0.15) is 5.75 Å². The molecule has 2 aliphatic heterocycles. The molecule has 2 saturated heterocycles. The van der Waals surface area contributed by atoms with Gasteiger partial charge in [-0.15, -0.1) is 25.6 Å². The quantitative estimate of drug-likeness (QED) is 0.318. The first-order valence-electron chi connectivity index (χ1n) is 13.6. The number of carbonyl (C=O) groups is 3. The lowest BCUT2D eigenvalue weighted by Crippen LogP contribution is -2.52. The highest BCUT2D eigenvalue weighted by Gasteiger charge is 2.38. The topological polar surface area (TPSA) is 87.7 Å². The van der Waals surface area contributed by atoms with E-state index in [0.717, 1.165) is 11.1 Å². The second-order valence-electron chi connectivity index (χ2n) is 10.5. The molecule has 0 spiro atoms. The fourth-order valence-corrected chi connectivity index (χ4v) is 5.78. The van der Waals surface area contributed by atoms with Gasteiger partial charge in [0, 0.05) is 55.0 Å². The van der Waals surface area contributed by atoms with Crippen molar-refractivity contribution < 1.29 is 32.3 Å². The molecule has 2 atom stereocenters. The van der Waals surface area contributed by atoms with Crippen LogP contribution >= 0.6 is 24.0 Å². The maximum atomic E-state index is 13.3. The maximum absolute atomic E-state index is 13.3. The third kappa shape index (κ3) is 8.28. The standard InChI is InChI=1S/C31H29ClF3N3O4.ClH/c32-24-9-6-19(7-10-24)21-8-11-27(42-31(33,34)35)23(14-21)17-36-26-12-13-38(18-25(26)20-4-2-1-3-5-20)30(41)22-15-28(39)37-29(40)16-22;/h1-11,14,22,25-26,36H,12-13,15-18H2,(H,37,39,40);1H/t25-,26-;/m0./s1. The summed E-state index contributed by atoms with van der Waals surface area (Å²) >= 11 is 6.00. The van der Waals surface area contributed by atoms with Crippen LogP contribution in [0.25, 0.3) is 11.1 Å². The number of imide groups is 1. The minimum absolute atomic E-state index is 0. The molecule has 228 valence electrons. The SMILES string of the molecule is Cl.O=C1CC(C(=O)N2CC[C@H](NCc3cc(-c4ccc(Cl)cc4)ccc3OC(F)(F)F)[C@H](c3ccccc3)C2)CC(=O)N1. The summed E-state index contributed by atoms with van der Waals surface area (Å²) in [6.07, 6.45) is -4.41. The number of piperidine rings is 2. The first kappa shape index (κ1) is 32.3. The molecule has 0 aromatic heterocycles. The van der Waals surface area contributed by atoms with Gasteiger partial charge in [-0.05, 0) is 47.4 Å². The molecule has 7 nitrogen and oxygen atoms in total. The van der Waals surface area contributed by atoms with Gasteiger partial charge in [0.15, 0.2) is 0 Å². The van der Waals surface area contributed by atoms with Crippen molar-refractivity contribution >= 4 is 41.7 Å². The van der Waals surface area contributed by atoms with Gasteiger partial charge in [-0.3, -0.25) is 19.7 Å². The van der Waals surface area contributed by atoms with E-state index in [1.807, 2.05) is 30.3 Å². The van der Waals surface area contributed by atoms with E-state index in [-0.39, 0.29) is 55.4 Å². The van der Waals surface area contributed by atoms with E-state index in [0.29, 0.717) is 35.7 Å². The number of ether oxygens (including phenoxy) is 1. The Morgan fingerprint density at radius 2 is 1.63 bits per heavy atom. The summed E-state index contributed by atoms with van der Waals surface area (Å²) in [4.78, 5) is 38.8. The summed E-state index contributed by atoms with van der Waals surface area (Å²) in [6.45, 7) is 0.804. The minimum atomic E-state index is -4.85. The van der Waals surface area contributed by atoms with E-state index in [2.05, 4.69) is 15.4 Å². The lowest BCUT2D eigenvalue weighted by atomic mass is 9.84. The van der Waals surface area contributed by atoms with Crippen LogP contribution in [0.15, 0.2) is 72.8 Å². The van der Waals surface area contributed by atoms with Gasteiger partial charge in [-0.1, -0.05) is 60.1 Å². The molecule has 0 unspecified atom stereocenters. The van der Waals surface area contributed by atoms with E-state index in [9.17, 15) is 27.6 Å². The molecule has 0 aliphatic carbocycles. The van der Waals surface area contributed by atoms with Gasteiger partial charge in [-0.25, -0.2) is 0 Å². The first-order chi connectivity index (χ1) is 20.1. The molecule has 0 radical (unpaired) electrons. The van der Waals surface area contributed by atoms with E-state index >= 15 is 0 Å². The van der Waals surface area contributed by atoms with Crippen LogP contribution < -0.4 is 15.4 Å². The van der Waals surface area contributed by atoms with Crippen molar-refractivity contribution in [3.8, 4) is 16.9 Å². The van der Waals surface area contributed by atoms with Crippen LogP contribution in [0.2, 0.25) is 5.02 Å². The summed E-state index contributed by atoms with van der Waals surface area (Å²) in [5.74, 6) is -2.34. The summed E-state index contributed by atoms with van der Waals surface area (Å²) in [5, 5.41) is 6.21. The Bertz CT molecular complexity index is 1440. The number of nitrogens with one attached hydrogen (secondary N) is 2. The minimum Gasteiger partial charge on any atom is -0.405 e. The number of rotatable bonds is 7. The second kappa shape index (κ2) is 13.8. The van der Waals surface area contributed by atoms with Crippen LogP contribution in [0.4, 0.5) is 13.2 Å². The van der Waals surface area contributed by atoms with Crippen LogP contribution in [0.3, 0.4) is 0 Å². The zero-order valence-electron chi connectivity index (χ0n) is 22.9. The van der Waals surface area contributed by atoms with Crippen LogP contribution in [0.1, 0.15) is 36.3 Å². The number of hydrogen-bond donors (Lipinski definition) is 2. The third-order valence-electron chi connectivity index (χ3n) is 7.66. The monoisotopic (exact) mass is 635 g/mol. The van der Waals surface area contributed by atoms with Gasteiger partial charge >= 0.3 is 6.36 Å². The molecule has 2 N–H and O–H groups in total. The number of likely N-dealkylation sites (tertiary alicyclic amines) is 1. The Morgan fingerprint density at radius 1 is 0.977 bits per heavy atom. The van der Waals surface area contributed by atoms with E-state index in [1.165, 1.54) is 6.07 Å². The molecule has 12 heteroatoms. The molecule has 0 saturated carbocycles. The molecule has 3 amide bonds. The normalized spacial score (nSPS) is 19.4. The van der Waals surface area contributed by atoms with E-state index in [4.69, 9.17) is 11.6 Å². The van der Waals surface area contributed by atoms with Gasteiger partial charge < -0.3 is 15.0 Å². The van der Waals surface area contributed by atoms with Crippen molar-refractivity contribution in [3.05, 3.63) is 88.9 Å². The third-order valence-corrected chi connectivity index (χ3v) is 7.91. The van der Waals surface area contributed by atoms with Crippen molar-refractivity contribution in [2.24, 2.45) is 5.92 Å². The Labute approximate surface area is 258 Å². The lowest BCUT2D eigenvalue weighted by Gasteiger charge is -2.41. The van der Waals surface area contributed by atoms with Gasteiger partial charge in [0.25, 0.3) is 0 Å². The number of nitrogens with zero attached hydrogens (tertiary/aromatic N) is 1. The number of halogens is 5. The fourth-order valence-electron chi connectivity index (χ4n) is 5.65. The summed E-state index contributed by atoms with van der Waals surface area (Å²) in [7, 11) is 0. The molecule has 2 aliphatic rings. The lowest BCUT2D eigenvalue weighted by molar-refractivity contribution is -0.274. The predicted molar refractivity (Wildman–Crippen MR) is 158 cm³/mol. The number of amides is 3. The number of alkyl halides is 3. The molecule has 0 bridgehead atoms. The largest absolute Gasteiger partial charge is 0.573 e. The highest BCUT2D eigenvalue weighted by Crippen LogP contribution is 2.33. The van der Waals surface area contributed by atoms with E-state index in [1.54, 1.807) is 41.3 Å². The Kier molecular flexibility index (Phi) is 10.4. The van der Waals surface area contributed by atoms with Crippen LogP contribution in [0.5, 0.6) is 5.75 Å². The van der Waals surface area contributed by atoms with Gasteiger partial charge in [0.2, 0.25) is 17.7 Å². The van der Waals surface area contributed by atoms with Crippen molar-refractivity contribution in [2.45, 2.75) is 44.1 Å². The molecule has 3 aromatic rings. The van der Waals surface area contributed by atoms with E-state index < -0.39 is 24.1 Å². The molecule has 5 rings (SSSR count). The molecule has 43 heavy (non-hydrogen) atoms. The molecule has 2 heterocycles. The zero-order valence-corrected chi connectivity index (χ0v) is 24.5. The Morgan fingerprint density at radius 3 is 2.28 bits per heavy atom. The molecule has 3 aromatic carbocycles. The van der Waals surface area contributed by atoms with Crippen molar-refractivity contribution in [3.63, 3.8) is 0 Å². The first-order valence-corrected chi connectivity index (χ1v) is 14.0. The second-order valence-corrected chi connectivity index (χ2v) is 11.0. The highest BCUT2D eigenvalue weighted by molar-refractivity contribution is 6.30. The summed E-state index contributed by atoms with van der Waals surface area (Å²) in [5.41, 5.74) is 2.80. The van der Waals surface area contributed by atoms with Crippen molar-refractivity contribution in [1.29, 1.82) is 0 Å². The zero-order chi connectivity index (χ0) is 29.9. The van der Waals surface area contributed by atoms with Crippen molar-refractivity contribution in [1.82, 2.24) is 15.5 Å². The van der Waals surface area contributed by atoms with Gasteiger partial charge in [0.05, 0.1) is 5.92 Å². The number of carbonyl (C=O) groups excluding carboxylic acids is 3. The summed E-state index contributed by atoms with van der Waals surface area (Å²) in [6, 6.07) is 20.9. The van der Waals surface area contributed by atoms with Crippen molar-refractivity contribution in [2.75, 3.05) is 13.1 Å². The average Bonchev–Trinajstić information content (AvgIpc) is 2.96. The fraction of sp³-hybridized carbons (Fsp3) is 0.323. The number of hydrogen-bond acceptors (Lipinski definition) is 5. The van der Waals surface area contributed by atoms with Crippen LogP contribution in [-0.4, -0.2) is 48.1 Å². The maximum Gasteiger partial charge on any atom is 0.573 e. The van der Waals surface area contributed by atoms with Crippen LogP contribution in [-0.2, 0) is 20.9 Å². The average molecular weight is 636 g/mol. The summed E-state index contributed by atoms with van der Waals surface area (Å²) < 4.78 is 44.1. The smallest absolute Gasteiger partial charge is 0.405 e.